The molecule has 2 aromatic rings. The standard InChI is InChI=1S/C14H19N5.2C2HF3O2/c1-2-12(1)11-17-7-9-19(10-8-17)14-13-15-3-5-18(13)6-4-16-14;2*3-2(4,5)1(6)7/h3-6,12H,1-2,7-11H2;2*(H,6,7). The van der Waals surface area contributed by atoms with Gasteiger partial charge in [-0.3, -0.25) is 4.90 Å². The summed E-state index contributed by atoms with van der Waals surface area (Å²) in [5.74, 6) is -3.50. The van der Waals surface area contributed by atoms with Crippen molar-refractivity contribution in [3.63, 3.8) is 0 Å². The number of carboxylic acid groups (broad SMARTS) is 2. The molecule has 0 bridgehead atoms. The number of nitrogens with zero attached hydrogens (tertiary/aromatic N) is 5. The van der Waals surface area contributed by atoms with E-state index in [0.717, 1.165) is 43.6 Å². The van der Waals surface area contributed by atoms with Gasteiger partial charge in [-0.05, 0) is 18.8 Å². The van der Waals surface area contributed by atoms with Crippen molar-refractivity contribution in [2.24, 2.45) is 5.92 Å². The lowest BCUT2D eigenvalue weighted by Gasteiger charge is -2.35. The van der Waals surface area contributed by atoms with Gasteiger partial charge in [-0.1, -0.05) is 0 Å². The van der Waals surface area contributed by atoms with E-state index in [1.165, 1.54) is 19.4 Å². The first-order valence-electron chi connectivity index (χ1n) is 9.64. The predicted molar refractivity (Wildman–Crippen MR) is 102 cm³/mol. The number of halogens is 6. The maximum atomic E-state index is 10.6. The van der Waals surface area contributed by atoms with E-state index in [2.05, 4.69) is 19.8 Å². The summed E-state index contributed by atoms with van der Waals surface area (Å²) in [4.78, 5) is 31.7. The highest BCUT2D eigenvalue weighted by atomic mass is 19.4. The lowest BCUT2D eigenvalue weighted by molar-refractivity contribution is -0.193. The molecule has 0 spiro atoms. The fourth-order valence-corrected chi connectivity index (χ4v) is 2.87. The normalized spacial score (nSPS) is 17.0. The Balaban J connectivity index is 0.000000230. The molecule has 0 aromatic carbocycles. The van der Waals surface area contributed by atoms with E-state index in [-0.39, 0.29) is 0 Å². The third-order valence-electron chi connectivity index (χ3n) is 4.66. The van der Waals surface area contributed by atoms with Gasteiger partial charge in [-0.2, -0.15) is 26.3 Å². The Kier molecular flexibility index (Phi) is 8.46. The number of piperazine rings is 1. The van der Waals surface area contributed by atoms with E-state index < -0.39 is 24.3 Å². The smallest absolute Gasteiger partial charge is 0.475 e. The number of alkyl halides is 6. The second-order valence-electron chi connectivity index (χ2n) is 7.25. The van der Waals surface area contributed by atoms with Gasteiger partial charge in [0.1, 0.15) is 0 Å². The van der Waals surface area contributed by atoms with Crippen LogP contribution in [0.5, 0.6) is 0 Å². The van der Waals surface area contributed by atoms with E-state index in [1.807, 2.05) is 29.2 Å². The summed E-state index contributed by atoms with van der Waals surface area (Å²) in [6.07, 6.45) is 0.341. The summed E-state index contributed by atoms with van der Waals surface area (Å²) >= 11 is 0. The molecule has 2 fully saturated rings. The third-order valence-corrected chi connectivity index (χ3v) is 4.66. The molecule has 9 nitrogen and oxygen atoms in total. The zero-order valence-electron chi connectivity index (χ0n) is 17.1. The van der Waals surface area contributed by atoms with Crippen molar-refractivity contribution in [1.82, 2.24) is 19.3 Å². The molecule has 1 aliphatic carbocycles. The predicted octanol–water partition coefficient (Wildman–Crippen LogP) is 2.53. The topological polar surface area (TPSA) is 111 Å². The first-order chi connectivity index (χ1) is 15.3. The minimum Gasteiger partial charge on any atom is -0.475 e. The molecule has 0 amide bonds. The lowest BCUT2D eigenvalue weighted by atomic mass is 10.3. The number of hydrogen-bond acceptors (Lipinski definition) is 6. The number of carbonyl (C=O) groups is 2. The molecule has 184 valence electrons. The molecule has 15 heteroatoms. The molecule has 0 radical (unpaired) electrons. The summed E-state index contributed by atoms with van der Waals surface area (Å²) in [7, 11) is 0. The molecule has 2 aliphatic rings. The Morgan fingerprint density at radius 1 is 0.879 bits per heavy atom. The van der Waals surface area contributed by atoms with E-state index in [0.29, 0.717) is 0 Å². The van der Waals surface area contributed by atoms with E-state index in [4.69, 9.17) is 19.8 Å². The van der Waals surface area contributed by atoms with Crippen molar-refractivity contribution in [2.45, 2.75) is 25.2 Å². The Morgan fingerprint density at radius 3 is 1.76 bits per heavy atom. The van der Waals surface area contributed by atoms with Gasteiger partial charge in [-0.15, -0.1) is 0 Å². The molecule has 33 heavy (non-hydrogen) atoms. The van der Waals surface area contributed by atoms with Crippen molar-refractivity contribution in [3.8, 4) is 0 Å². The first kappa shape index (κ1) is 26.2. The van der Waals surface area contributed by atoms with Crippen molar-refractivity contribution >= 4 is 23.4 Å². The summed E-state index contributed by atoms with van der Waals surface area (Å²) in [6, 6.07) is 0. The SMILES string of the molecule is O=C(O)C(F)(F)F.O=C(O)C(F)(F)F.c1cn2ccnc2c(N2CCN(CC3CC3)CC2)n1. The molecule has 2 aromatic heterocycles. The van der Waals surface area contributed by atoms with E-state index >= 15 is 0 Å². The number of aliphatic carboxylic acids is 2. The zero-order valence-corrected chi connectivity index (χ0v) is 17.1. The lowest BCUT2D eigenvalue weighted by Crippen LogP contribution is -2.47. The van der Waals surface area contributed by atoms with Crippen LogP contribution >= 0.6 is 0 Å². The fraction of sp³-hybridized carbons (Fsp3) is 0.556. The van der Waals surface area contributed by atoms with Gasteiger partial charge in [0, 0.05) is 57.5 Å². The van der Waals surface area contributed by atoms with Gasteiger partial charge >= 0.3 is 24.3 Å². The number of fused-ring (bicyclic) bond motifs is 1. The summed E-state index contributed by atoms with van der Waals surface area (Å²) in [5, 5.41) is 14.2. The molecule has 0 atom stereocenters. The summed E-state index contributed by atoms with van der Waals surface area (Å²) < 4.78 is 65.5. The van der Waals surface area contributed by atoms with Crippen LogP contribution in [0.2, 0.25) is 0 Å². The van der Waals surface area contributed by atoms with Gasteiger partial charge in [0.25, 0.3) is 0 Å². The quantitative estimate of drug-likeness (QED) is 0.639. The van der Waals surface area contributed by atoms with E-state index in [9.17, 15) is 26.3 Å². The van der Waals surface area contributed by atoms with Crippen LogP contribution < -0.4 is 4.90 Å². The Bertz CT molecular complexity index is 912. The highest BCUT2D eigenvalue weighted by Gasteiger charge is 2.38. The van der Waals surface area contributed by atoms with Crippen LogP contribution in [0.15, 0.2) is 24.8 Å². The van der Waals surface area contributed by atoms with Crippen molar-refractivity contribution < 1.29 is 46.1 Å². The number of anilines is 1. The van der Waals surface area contributed by atoms with Gasteiger partial charge < -0.3 is 19.5 Å². The fourth-order valence-electron chi connectivity index (χ4n) is 2.87. The number of rotatable bonds is 3. The summed E-state index contributed by atoms with van der Waals surface area (Å²) in [6.45, 7) is 5.73. The van der Waals surface area contributed by atoms with Crippen LogP contribution in [0.25, 0.3) is 5.65 Å². The minimum atomic E-state index is -5.08. The molecule has 4 rings (SSSR count). The second-order valence-corrected chi connectivity index (χ2v) is 7.25. The maximum Gasteiger partial charge on any atom is 0.490 e. The molecule has 1 saturated carbocycles. The number of imidazole rings is 1. The average molecular weight is 485 g/mol. The largest absolute Gasteiger partial charge is 0.490 e. The van der Waals surface area contributed by atoms with Crippen molar-refractivity contribution in [1.29, 1.82) is 0 Å². The number of aromatic nitrogens is 3. The zero-order chi connectivity index (χ0) is 24.8. The van der Waals surface area contributed by atoms with Crippen LogP contribution in [-0.4, -0.2) is 86.5 Å². The van der Waals surface area contributed by atoms with Crippen LogP contribution in [0.1, 0.15) is 12.8 Å². The second kappa shape index (κ2) is 10.7. The van der Waals surface area contributed by atoms with Gasteiger partial charge in [-0.25, -0.2) is 19.6 Å². The highest BCUT2D eigenvalue weighted by Crippen LogP contribution is 2.30. The van der Waals surface area contributed by atoms with Crippen LogP contribution in [0.4, 0.5) is 32.2 Å². The highest BCUT2D eigenvalue weighted by molar-refractivity contribution is 5.73. The molecular weight excluding hydrogens is 464 g/mol. The maximum absolute atomic E-state index is 10.6. The van der Waals surface area contributed by atoms with E-state index in [1.54, 1.807) is 0 Å². The van der Waals surface area contributed by atoms with Gasteiger partial charge in [0.15, 0.2) is 11.5 Å². The van der Waals surface area contributed by atoms with Crippen LogP contribution in [0, 0.1) is 5.92 Å². The molecule has 2 N–H and O–H groups in total. The van der Waals surface area contributed by atoms with Crippen molar-refractivity contribution in [2.75, 3.05) is 37.6 Å². The summed E-state index contributed by atoms with van der Waals surface area (Å²) in [5.41, 5.74) is 0.971. The number of carboxylic acids is 2. The molecular formula is C18H21F6N5O4. The first-order valence-corrected chi connectivity index (χ1v) is 9.64. The van der Waals surface area contributed by atoms with Crippen LogP contribution in [-0.2, 0) is 9.59 Å². The molecule has 0 unspecified atom stereocenters. The van der Waals surface area contributed by atoms with Gasteiger partial charge in [0.2, 0.25) is 0 Å². The molecule has 1 saturated heterocycles. The number of hydrogen-bond donors (Lipinski definition) is 2. The third kappa shape index (κ3) is 8.40. The van der Waals surface area contributed by atoms with Crippen LogP contribution in [0.3, 0.4) is 0 Å². The Morgan fingerprint density at radius 2 is 1.33 bits per heavy atom. The Labute approximate surface area is 183 Å². The van der Waals surface area contributed by atoms with Gasteiger partial charge in [0.05, 0.1) is 0 Å². The minimum absolute atomic E-state index is 0.971. The molecule has 1 aliphatic heterocycles. The monoisotopic (exact) mass is 485 g/mol. The Hall–Kier alpha value is -3.10. The van der Waals surface area contributed by atoms with Crippen molar-refractivity contribution in [3.05, 3.63) is 24.8 Å². The average Bonchev–Trinajstić information content (AvgIpc) is 3.40. The molecule has 3 heterocycles.